The van der Waals surface area contributed by atoms with Crippen LogP contribution in [0.25, 0.3) is 0 Å². The lowest BCUT2D eigenvalue weighted by molar-refractivity contribution is -0.898. The second kappa shape index (κ2) is 6.66. The summed E-state index contributed by atoms with van der Waals surface area (Å²) < 4.78 is 13.5. The number of carbonyl (C=O) groups is 1. The molecule has 1 unspecified atom stereocenters. The van der Waals surface area contributed by atoms with Crippen LogP contribution in [0.1, 0.15) is 24.0 Å². The molecule has 2 fully saturated rings. The van der Waals surface area contributed by atoms with Gasteiger partial charge in [0.25, 0.3) is 0 Å². The lowest BCUT2D eigenvalue weighted by Gasteiger charge is -2.41. The molecule has 0 bridgehead atoms. The summed E-state index contributed by atoms with van der Waals surface area (Å²) in [5.41, 5.74) is 0.447. The van der Waals surface area contributed by atoms with Gasteiger partial charge in [-0.15, -0.1) is 11.8 Å². The van der Waals surface area contributed by atoms with Crippen LogP contribution >= 0.6 is 11.8 Å². The maximum atomic E-state index is 13.3. The van der Waals surface area contributed by atoms with Crippen molar-refractivity contribution in [2.75, 3.05) is 33.4 Å². The molecule has 2 aromatic carbocycles. The van der Waals surface area contributed by atoms with Crippen LogP contribution in [0.4, 0.5) is 0 Å². The Morgan fingerprint density at radius 2 is 1.52 bits per heavy atom. The molecular weight excluding hydrogens is 358 g/mol. The van der Waals surface area contributed by atoms with E-state index in [1.54, 1.807) is 11.8 Å². The first-order valence-corrected chi connectivity index (χ1v) is 10.6. The Kier molecular flexibility index (Phi) is 4.57. The minimum Gasteiger partial charge on any atom is -0.430 e. The summed E-state index contributed by atoms with van der Waals surface area (Å²) in [6.45, 7) is 1.84. The fraction of sp³-hybridized carbons (Fsp3) is 0.409. The summed E-state index contributed by atoms with van der Waals surface area (Å²) in [7, 11) is 4.41. The number of hydrogen-bond donors (Lipinski definition) is 0. The highest BCUT2D eigenvalue weighted by Gasteiger charge is 2.61. The SMILES string of the molecule is CSc1ccc(C2(c3ccccc3)OC3(CC[N+](C)(C)CC3)OC2=O)cc1. The summed E-state index contributed by atoms with van der Waals surface area (Å²) in [4.78, 5) is 14.5. The van der Waals surface area contributed by atoms with E-state index in [1.807, 2.05) is 60.9 Å². The van der Waals surface area contributed by atoms with Crippen molar-refractivity contribution in [2.24, 2.45) is 0 Å². The molecule has 2 aromatic rings. The van der Waals surface area contributed by atoms with Gasteiger partial charge in [-0.2, -0.15) is 0 Å². The fourth-order valence-electron chi connectivity index (χ4n) is 3.99. The van der Waals surface area contributed by atoms with Crippen molar-refractivity contribution in [1.82, 2.24) is 0 Å². The summed E-state index contributed by atoms with van der Waals surface area (Å²) >= 11 is 1.68. The van der Waals surface area contributed by atoms with Gasteiger partial charge in [-0.25, -0.2) is 4.79 Å². The number of benzene rings is 2. The number of nitrogens with zero attached hydrogens (tertiary/aromatic N) is 1. The molecule has 1 spiro atoms. The smallest absolute Gasteiger partial charge is 0.350 e. The first-order chi connectivity index (χ1) is 12.9. The van der Waals surface area contributed by atoms with Gasteiger partial charge in [0.05, 0.1) is 40.0 Å². The number of rotatable bonds is 3. The van der Waals surface area contributed by atoms with Crippen LogP contribution in [0.5, 0.6) is 0 Å². The van der Waals surface area contributed by atoms with E-state index in [9.17, 15) is 4.79 Å². The highest BCUT2D eigenvalue weighted by atomic mass is 32.2. The minimum atomic E-state index is -1.20. The molecule has 142 valence electrons. The molecule has 0 N–H and O–H groups in total. The molecule has 2 saturated heterocycles. The van der Waals surface area contributed by atoms with E-state index in [0.717, 1.165) is 33.6 Å². The maximum Gasteiger partial charge on any atom is 0.350 e. The number of piperidine rings is 1. The van der Waals surface area contributed by atoms with E-state index in [2.05, 4.69) is 14.1 Å². The fourth-order valence-corrected chi connectivity index (χ4v) is 4.40. The van der Waals surface area contributed by atoms with Crippen LogP contribution in [-0.4, -0.2) is 49.7 Å². The molecule has 0 amide bonds. The molecule has 0 aliphatic carbocycles. The average Bonchev–Trinajstić information content (AvgIpc) is 2.99. The van der Waals surface area contributed by atoms with Gasteiger partial charge in [-0.1, -0.05) is 42.5 Å². The van der Waals surface area contributed by atoms with Crippen LogP contribution in [0.2, 0.25) is 0 Å². The summed E-state index contributed by atoms with van der Waals surface area (Å²) in [6.07, 6.45) is 3.46. The number of carbonyl (C=O) groups excluding carboxylic acids is 1. The number of ether oxygens (including phenoxy) is 2. The van der Waals surface area contributed by atoms with Crippen molar-refractivity contribution < 1.29 is 18.8 Å². The van der Waals surface area contributed by atoms with Gasteiger partial charge in [0.2, 0.25) is 11.4 Å². The number of likely N-dealkylation sites (tertiary alicyclic amines) is 1. The van der Waals surface area contributed by atoms with Crippen molar-refractivity contribution in [2.45, 2.75) is 29.1 Å². The van der Waals surface area contributed by atoms with Crippen LogP contribution < -0.4 is 0 Å². The predicted octanol–water partition coefficient (Wildman–Crippen LogP) is 3.79. The Labute approximate surface area is 165 Å². The van der Waals surface area contributed by atoms with Gasteiger partial charge in [-0.05, 0) is 29.5 Å². The Balaban J connectivity index is 1.78. The van der Waals surface area contributed by atoms with Crippen LogP contribution in [0, 0.1) is 0 Å². The van der Waals surface area contributed by atoms with E-state index in [0.29, 0.717) is 12.8 Å². The zero-order valence-corrected chi connectivity index (χ0v) is 16.9. The minimum absolute atomic E-state index is 0.308. The predicted molar refractivity (Wildman–Crippen MR) is 106 cm³/mol. The summed E-state index contributed by atoms with van der Waals surface area (Å²) in [6, 6.07) is 17.8. The van der Waals surface area contributed by atoms with Gasteiger partial charge < -0.3 is 14.0 Å². The third-order valence-electron chi connectivity index (χ3n) is 5.78. The van der Waals surface area contributed by atoms with E-state index < -0.39 is 11.4 Å². The molecule has 27 heavy (non-hydrogen) atoms. The number of hydrogen-bond acceptors (Lipinski definition) is 4. The molecule has 0 aromatic heterocycles. The van der Waals surface area contributed by atoms with Crippen LogP contribution in [0.15, 0.2) is 59.5 Å². The zero-order chi connectivity index (χ0) is 19.1. The van der Waals surface area contributed by atoms with Gasteiger partial charge in [0, 0.05) is 4.90 Å². The van der Waals surface area contributed by atoms with Crippen molar-refractivity contribution in [3.05, 3.63) is 65.7 Å². The topological polar surface area (TPSA) is 35.5 Å². The molecule has 2 aliphatic rings. The Hall–Kier alpha value is -1.82. The Morgan fingerprint density at radius 3 is 2.11 bits per heavy atom. The van der Waals surface area contributed by atoms with Gasteiger partial charge in [-0.3, -0.25) is 0 Å². The molecule has 2 heterocycles. The maximum absolute atomic E-state index is 13.3. The number of esters is 1. The van der Waals surface area contributed by atoms with Crippen LogP contribution in [-0.2, 0) is 19.9 Å². The second-order valence-electron chi connectivity index (χ2n) is 8.06. The molecular formula is C22H26NO3S+. The standard InChI is InChI=1S/C22H26NO3S/c1-23(2)15-13-21(14-16-23)25-20(24)22(26-21,17-7-5-4-6-8-17)18-9-11-19(27-3)12-10-18/h4-12H,13-16H2,1-3H3/q+1. The summed E-state index contributed by atoms with van der Waals surface area (Å²) in [5, 5.41) is 0. The number of thioether (sulfide) groups is 1. The van der Waals surface area contributed by atoms with E-state index in [1.165, 1.54) is 0 Å². The molecule has 1 atom stereocenters. The molecule has 4 rings (SSSR count). The molecule has 0 saturated carbocycles. The second-order valence-corrected chi connectivity index (χ2v) is 8.94. The lowest BCUT2D eigenvalue weighted by atomic mass is 9.86. The van der Waals surface area contributed by atoms with Crippen molar-refractivity contribution in [3.63, 3.8) is 0 Å². The molecule has 4 nitrogen and oxygen atoms in total. The lowest BCUT2D eigenvalue weighted by Crippen LogP contribution is -2.53. The summed E-state index contributed by atoms with van der Waals surface area (Å²) in [5.74, 6) is -1.14. The largest absolute Gasteiger partial charge is 0.430 e. The Morgan fingerprint density at radius 1 is 0.926 bits per heavy atom. The third-order valence-corrected chi connectivity index (χ3v) is 6.52. The number of quaternary nitrogens is 1. The quantitative estimate of drug-likeness (QED) is 0.458. The highest BCUT2D eigenvalue weighted by molar-refractivity contribution is 7.98. The first kappa shape index (κ1) is 18.5. The van der Waals surface area contributed by atoms with E-state index in [-0.39, 0.29) is 5.97 Å². The van der Waals surface area contributed by atoms with Gasteiger partial charge in [0.15, 0.2) is 0 Å². The Bertz CT molecular complexity index is 824. The van der Waals surface area contributed by atoms with E-state index >= 15 is 0 Å². The average molecular weight is 385 g/mol. The molecule has 2 aliphatic heterocycles. The van der Waals surface area contributed by atoms with E-state index in [4.69, 9.17) is 9.47 Å². The van der Waals surface area contributed by atoms with Crippen molar-refractivity contribution in [3.8, 4) is 0 Å². The van der Waals surface area contributed by atoms with Gasteiger partial charge in [0.1, 0.15) is 0 Å². The molecule has 0 radical (unpaired) electrons. The van der Waals surface area contributed by atoms with Gasteiger partial charge >= 0.3 is 5.97 Å². The highest BCUT2D eigenvalue weighted by Crippen LogP contribution is 2.49. The normalized spacial score (nSPS) is 26.1. The molecule has 5 heteroatoms. The first-order valence-electron chi connectivity index (χ1n) is 9.35. The third kappa shape index (κ3) is 3.18. The van der Waals surface area contributed by atoms with Crippen molar-refractivity contribution >= 4 is 17.7 Å². The zero-order valence-electron chi connectivity index (χ0n) is 16.1. The van der Waals surface area contributed by atoms with Crippen LogP contribution in [0.3, 0.4) is 0 Å². The van der Waals surface area contributed by atoms with Crippen molar-refractivity contribution in [1.29, 1.82) is 0 Å². The monoisotopic (exact) mass is 384 g/mol.